The molecule has 2 aliphatic rings. The summed E-state index contributed by atoms with van der Waals surface area (Å²) >= 11 is 0. The fraction of sp³-hybridized carbons (Fsp3) is 0.571. The van der Waals surface area contributed by atoms with Gasteiger partial charge in [-0.15, -0.1) is 0 Å². The van der Waals surface area contributed by atoms with Crippen LogP contribution in [0.1, 0.15) is 27.7 Å². The van der Waals surface area contributed by atoms with Crippen LogP contribution in [0.3, 0.4) is 0 Å². The summed E-state index contributed by atoms with van der Waals surface area (Å²) in [5.74, 6) is -0.578. The summed E-state index contributed by atoms with van der Waals surface area (Å²) in [6, 6.07) is 0. The summed E-state index contributed by atoms with van der Waals surface area (Å²) in [5, 5.41) is 0. The van der Waals surface area contributed by atoms with E-state index in [1.807, 2.05) is 27.7 Å². The second-order valence-electron chi connectivity index (χ2n) is 5.55. The van der Waals surface area contributed by atoms with E-state index in [1.54, 1.807) is 0 Å². The molecule has 4 heteroatoms. The highest BCUT2D eigenvalue weighted by Gasteiger charge is 2.47. The van der Waals surface area contributed by atoms with Gasteiger partial charge in [-0.1, -0.05) is 30.2 Å². The number of fused-ring (bicyclic) bond motifs is 1. The molecule has 0 radical (unpaired) electrons. The molecule has 0 unspecified atom stereocenters. The lowest BCUT2D eigenvalue weighted by atomic mass is 9.66. The van der Waals surface area contributed by atoms with Gasteiger partial charge >= 0.3 is 0 Å². The van der Waals surface area contributed by atoms with Gasteiger partial charge in [0, 0.05) is 5.92 Å². The molecule has 0 aromatic carbocycles. The summed E-state index contributed by atoms with van der Waals surface area (Å²) in [7, 11) is 0. The van der Waals surface area contributed by atoms with E-state index in [-0.39, 0.29) is 35.5 Å². The maximum atomic E-state index is 12.0. The normalized spacial score (nSPS) is 35.0. The molecule has 0 bridgehead atoms. The van der Waals surface area contributed by atoms with Crippen molar-refractivity contribution < 1.29 is 9.59 Å². The molecule has 1 saturated heterocycles. The van der Waals surface area contributed by atoms with Crippen LogP contribution in [0.15, 0.2) is 23.3 Å². The lowest BCUT2D eigenvalue weighted by molar-refractivity contribution is -0.146. The van der Waals surface area contributed by atoms with Gasteiger partial charge in [-0.25, -0.2) is 0 Å². The van der Waals surface area contributed by atoms with Crippen molar-refractivity contribution in [3.8, 4) is 0 Å². The topological polar surface area (TPSA) is 58.2 Å². The predicted octanol–water partition coefficient (Wildman–Crippen LogP) is 1.56. The van der Waals surface area contributed by atoms with Crippen LogP contribution in [0.5, 0.6) is 0 Å². The first-order valence-corrected chi connectivity index (χ1v) is 6.35. The molecule has 0 aromatic rings. The SMILES string of the molecule is CC(C)=C[C@@H]1C=C(C)[C@H](C)[C@@H]2C(=O)NNC(=O)[C@H]12. The predicted molar refractivity (Wildman–Crippen MR) is 69.1 cm³/mol. The molecule has 2 N–H and O–H groups in total. The first-order chi connectivity index (χ1) is 8.41. The minimum atomic E-state index is -0.285. The average Bonchev–Trinajstić information content (AvgIpc) is 2.28. The molecular formula is C14H20N2O2. The number of nitrogens with one attached hydrogen (secondary N) is 2. The molecule has 1 aliphatic carbocycles. The number of hydrazine groups is 1. The lowest BCUT2D eigenvalue weighted by Crippen LogP contribution is -2.60. The Hall–Kier alpha value is -1.58. The zero-order valence-corrected chi connectivity index (χ0v) is 11.3. The van der Waals surface area contributed by atoms with E-state index in [4.69, 9.17) is 0 Å². The maximum absolute atomic E-state index is 12.0. The number of rotatable bonds is 1. The summed E-state index contributed by atoms with van der Waals surface area (Å²) < 4.78 is 0. The Morgan fingerprint density at radius 2 is 1.72 bits per heavy atom. The fourth-order valence-electron chi connectivity index (χ4n) is 2.95. The Bertz CT molecular complexity index is 447. The van der Waals surface area contributed by atoms with Gasteiger partial charge in [0.05, 0.1) is 11.8 Å². The van der Waals surface area contributed by atoms with Gasteiger partial charge in [0.2, 0.25) is 11.8 Å². The van der Waals surface area contributed by atoms with Crippen molar-refractivity contribution in [2.45, 2.75) is 27.7 Å². The molecule has 4 atom stereocenters. The van der Waals surface area contributed by atoms with Gasteiger partial charge in [0.15, 0.2) is 0 Å². The first-order valence-electron chi connectivity index (χ1n) is 6.35. The Morgan fingerprint density at radius 3 is 2.28 bits per heavy atom. The van der Waals surface area contributed by atoms with Crippen molar-refractivity contribution in [3.63, 3.8) is 0 Å². The van der Waals surface area contributed by atoms with Crippen molar-refractivity contribution in [2.24, 2.45) is 23.7 Å². The molecule has 1 heterocycles. The van der Waals surface area contributed by atoms with Gasteiger partial charge in [0.1, 0.15) is 0 Å². The van der Waals surface area contributed by atoms with E-state index in [9.17, 15) is 9.59 Å². The molecular weight excluding hydrogens is 228 g/mol. The minimum absolute atomic E-state index is 0.0160. The minimum Gasteiger partial charge on any atom is -0.273 e. The van der Waals surface area contributed by atoms with E-state index in [2.05, 4.69) is 23.0 Å². The second-order valence-corrected chi connectivity index (χ2v) is 5.55. The van der Waals surface area contributed by atoms with E-state index >= 15 is 0 Å². The van der Waals surface area contributed by atoms with Crippen molar-refractivity contribution in [2.75, 3.05) is 0 Å². The zero-order chi connectivity index (χ0) is 13.4. The van der Waals surface area contributed by atoms with Crippen LogP contribution in [-0.2, 0) is 9.59 Å². The average molecular weight is 248 g/mol. The molecule has 1 aliphatic heterocycles. The summed E-state index contributed by atoms with van der Waals surface area (Å²) in [6.07, 6.45) is 4.20. The van der Waals surface area contributed by atoms with Crippen LogP contribution >= 0.6 is 0 Å². The maximum Gasteiger partial charge on any atom is 0.243 e. The van der Waals surface area contributed by atoms with Gasteiger partial charge in [-0.3, -0.25) is 20.4 Å². The number of hydrogen-bond donors (Lipinski definition) is 2. The molecule has 1 fully saturated rings. The highest BCUT2D eigenvalue weighted by Crippen LogP contribution is 2.40. The lowest BCUT2D eigenvalue weighted by Gasteiger charge is -2.41. The molecule has 2 rings (SSSR count). The van der Waals surface area contributed by atoms with Crippen LogP contribution in [0.2, 0.25) is 0 Å². The third kappa shape index (κ3) is 2.07. The highest BCUT2D eigenvalue weighted by atomic mass is 16.2. The molecule has 0 aromatic heterocycles. The van der Waals surface area contributed by atoms with E-state index in [0.29, 0.717) is 0 Å². The van der Waals surface area contributed by atoms with E-state index in [1.165, 1.54) is 5.57 Å². The van der Waals surface area contributed by atoms with E-state index in [0.717, 1.165) is 5.57 Å². The molecule has 2 amide bonds. The standard InChI is InChI=1S/C14H20N2O2/c1-7(2)5-10-6-8(3)9(4)11-12(10)14(18)16-15-13(11)17/h5-6,9-12H,1-4H3,(H,15,17)(H,16,18)/t9-,10+,11-,12+/m0/s1. The Balaban J connectivity index is 2.45. The van der Waals surface area contributed by atoms with Crippen LogP contribution in [0.4, 0.5) is 0 Å². The number of carbonyl (C=O) groups is 2. The van der Waals surface area contributed by atoms with Crippen molar-refractivity contribution in [1.82, 2.24) is 10.9 Å². The molecule has 0 spiro atoms. The third-order valence-electron chi connectivity index (χ3n) is 3.95. The summed E-state index contributed by atoms with van der Waals surface area (Å²) in [4.78, 5) is 24.0. The summed E-state index contributed by atoms with van der Waals surface area (Å²) in [5.41, 5.74) is 7.29. The van der Waals surface area contributed by atoms with Gasteiger partial charge in [-0.05, 0) is 26.7 Å². The monoisotopic (exact) mass is 248 g/mol. The van der Waals surface area contributed by atoms with Crippen LogP contribution in [-0.4, -0.2) is 11.8 Å². The number of carbonyl (C=O) groups excluding carboxylic acids is 2. The van der Waals surface area contributed by atoms with Crippen molar-refractivity contribution in [3.05, 3.63) is 23.3 Å². The largest absolute Gasteiger partial charge is 0.273 e. The Labute approximate surface area is 107 Å². The van der Waals surface area contributed by atoms with Crippen LogP contribution < -0.4 is 10.9 Å². The van der Waals surface area contributed by atoms with Crippen LogP contribution in [0.25, 0.3) is 0 Å². The smallest absolute Gasteiger partial charge is 0.243 e. The number of allylic oxidation sites excluding steroid dienone is 4. The van der Waals surface area contributed by atoms with Gasteiger partial charge in [0.25, 0.3) is 0 Å². The van der Waals surface area contributed by atoms with Crippen molar-refractivity contribution >= 4 is 11.8 Å². The van der Waals surface area contributed by atoms with E-state index < -0.39 is 0 Å². The number of amides is 2. The summed E-state index contributed by atoms with van der Waals surface area (Å²) in [6.45, 7) is 8.07. The van der Waals surface area contributed by atoms with Gasteiger partial charge in [-0.2, -0.15) is 0 Å². The third-order valence-corrected chi connectivity index (χ3v) is 3.95. The molecule has 18 heavy (non-hydrogen) atoms. The Morgan fingerprint density at radius 1 is 1.17 bits per heavy atom. The van der Waals surface area contributed by atoms with Crippen molar-refractivity contribution in [1.29, 1.82) is 0 Å². The second kappa shape index (κ2) is 4.59. The molecule has 0 saturated carbocycles. The quantitative estimate of drug-likeness (QED) is 0.692. The molecule has 98 valence electrons. The number of hydrogen-bond acceptors (Lipinski definition) is 2. The Kier molecular flexibility index (Phi) is 3.28. The zero-order valence-electron chi connectivity index (χ0n) is 11.3. The fourth-order valence-corrected chi connectivity index (χ4v) is 2.95. The molecule has 4 nitrogen and oxygen atoms in total. The first kappa shape index (κ1) is 12.9. The van der Waals surface area contributed by atoms with Crippen LogP contribution in [0, 0.1) is 23.7 Å². The van der Waals surface area contributed by atoms with Gasteiger partial charge < -0.3 is 0 Å². The highest BCUT2D eigenvalue weighted by molar-refractivity contribution is 5.94.